The Morgan fingerprint density at radius 2 is 1.60 bits per heavy atom. The smallest absolute Gasteiger partial charge is 0.239 e. The first-order valence-electron chi connectivity index (χ1n) is 7.65. The van der Waals surface area contributed by atoms with Crippen molar-refractivity contribution in [2.75, 3.05) is 11.1 Å². The lowest BCUT2D eigenvalue weighted by Gasteiger charge is -2.09. The van der Waals surface area contributed by atoms with Crippen LogP contribution in [0.3, 0.4) is 0 Å². The minimum Gasteiger partial charge on any atom is -0.325 e. The van der Waals surface area contributed by atoms with Gasteiger partial charge in [0.15, 0.2) is 9.84 Å². The van der Waals surface area contributed by atoms with Crippen molar-refractivity contribution in [1.29, 1.82) is 0 Å². The van der Waals surface area contributed by atoms with Crippen molar-refractivity contribution >= 4 is 43.8 Å². The molecule has 3 aromatic rings. The van der Waals surface area contributed by atoms with E-state index in [0.717, 1.165) is 10.8 Å². The minimum atomic E-state index is -3.59. The molecule has 0 aliphatic carbocycles. The second-order valence-corrected chi connectivity index (χ2v) is 8.23. The monoisotopic (exact) mass is 373 g/mol. The van der Waals surface area contributed by atoms with Gasteiger partial charge in [-0.2, -0.15) is 0 Å². The van der Waals surface area contributed by atoms with E-state index in [4.69, 9.17) is 11.6 Å². The van der Waals surface area contributed by atoms with Crippen LogP contribution in [0.2, 0.25) is 5.02 Å². The van der Waals surface area contributed by atoms with E-state index in [2.05, 4.69) is 5.32 Å². The van der Waals surface area contributed by atoms with E-state index in [-0.39, 0.29) is 5.75 Å². The van der Waals surface area contributed by atoms with Crippen LogP contribution >= 0.6 is 11.6 Å². The van der Waals surface area contributed by atoms with Crippen molar-refractivity contribution in [3.8, 4) is 0 Å². The van der Waals surface area contributed by atoms with Gasteiger partial charge < -0.3 is 5.32 Å². The number of fused-ring (bicyclic) bond motifs is 1. The molecule has 0 aliphatic rings. The topological polar surface area (TPSA) is 63.2 Å². The summed E-state index contributed by atoms with van der Waals surface area (Å²) in [6.45, 7) is 0. The van der Waals surface area contributed by atoms with Gasteiger partial charge in [-0.1, -0.05) is 54.1 Å². The molecule has 4 nitrogen and oxygen atoms in total. The number of rotatable bonds is 5. The fourth-order valence-electron chi connectivity index (χ4n) is 2.64. The van der Waals surface area contributed by atoms with Crippen LogP contribution in [-0.4, -0.2) is 20.1 Å². The zero-order valence-corrected chi connectivity index (χ0v) is 14.8. The Morgan fingerprint density at radius 3 is 2.36 bits per heavy atom. The van der Waals surface area contributed by atoms with Gasteiger partial charge in [0.25, 0.3) is 0 Å². The van der Waals surface area contributed by atoms with E-state index < -0.39 is 21.5 Å². The van der Waals surface area contributed by atoms with Gasteiger partial charge in [-0.15, -0.1) is 0 Å². The van der Waals surface area contributed by atoms with Gasteiger partial charge in [0.2, 0.25) is 5.91 Å². The Kier molecular flexibility index (Phi) is 5.06. The van der Waals surface area contributed by atoms with Crippen molar-refractivity contribution in [3.05, 3.63) is 77.3 Å². The number of carbonyl (C=O) groups excluding carboxylic acids is 1. The number of halogens is 1. The molecule has 0 bridgehead atoms. The van der Waals surface area contributed by atoms with E-state index in [1.165, 1.54) is 0 Å². The second-order valence-electron chi connectivity index (χ2n) is 5.73. The van der Waals surface area contributed by atoms with Crippen molar-refractivity contribution in [2.45, 2.75) is 5.75 Å². The summed E-state index contributed by atoms with van der Waals surface area (Å²) in [6, 6.07) is 19.6. The molecule has 3 aromatic carbocycles. The molecule has 6 heteroatoms. The summed E-state index contributed by atoms with van der Waals surface area (Å²) >= 11 is 5.78. The second kappa shape index (κ2) is 7.25. The molecule has 0 unspecified atom stereocenters. The average Bonchev–Trinajstić information content (AvgIpc) is 2.56. The third-order valence-electron chi connectivity index (χ3n) is 3.73. The molecular formula is C19H16ClNO3S. The molecule has 0 fully saturated rings. The molecule has 0 aliphatic heterocycles. The van der Waals surface area contributed by atoms with Gasteiger partial charge in [0, 0.05) is 10.7 Å². The van der Waals surface area contributed by atoms with E-state index in [9.17, 15) is 13.2 Å². The van der Waals surface area contributed by atoms with E-state index >= 15 is 0 Å². The van der Waals surface area contributed by atoms with Crippen LogP contribution < -0.4 is 5.32 Å². The summed E-state index contributed by atoms with van der Waals surface area (Å²) in [6.07, 6.45) is 0. The number of sulfone groups is 1. The van der Waals surface area contributed by atoms with Crippen molar-refractivity contribution in [2.24, 2.45) is 0 Å². The largest absolute Gasteiger partial charge is 0.325 e. The van der Waals surface area contributed by atoms with Crippen LogP contribution in [0.15, 0.2) is 66.7 Å². The maximum Gasteiger partial charge on any atom is 0.239 e. The third kappa shape index (κ3) is 4.59. The summed E-state index contributed by atoms with van der Waals surface area (Å²) in [5.41, 5.74) is 1.20. The lowest BCUT2D eigenvalue weighted by molar-refractivity contribution is -0.113. The molecule has 3 rings (SSSR count). The maximum atomic E-state index is 12.4. The molecule has 0 radical (unpaired) electrons. The number of anilines is 1. The van der Waals surface area contributed by atoms with Crippen molar-refractivity contribution in [1.82, 2.24) is 0 Å². The van der Waals surface area contributed by atoms with Crippen LogP contribution in [0.5, 0.6) is 0 Å². The molecule has 0 saturated heterocycles. The zero-order valence-electron chi connectivity index (χ0n) is 13.3. The third-order valence-corrected chi connectivity index (χ3v) is 5.44. The first kappa shape index (κ1) is 17.5. The SMILES string of the molecule is O=C(CS(=O)(=O)Cc1cccc2ccccc12)Nc1ccc(Cl)cc1. The Bertz CT molecular complexity index is 1010. The van der Waals surface area contributed by atoms with E-state index in [0.29, 0.717) is 16.3 Å². The molecule has 0 spiro atoms. The Morgan fingerprint density at radius 1 is 0.920 bits per heavy atom. The lowest BCUT2D eigenvalue weighted by Crippen LogP contribution is -2.24. The quantitative estimate of drug-likeness (QED) is 0.733. The Hall–Kier alpha value is -2.37. The fourth-order valence-corrected chi connectivity index (χ4v) is 4.06. The molecule has 1 N–H and O–H groups in total. The molecule has 0 atom stereocenters. The van der Waals surface area contributed by atoms with Gasteiger partial charge in [0.05, 0.1) is 5.75 Å². The first-order chi connectivity index (χ1) is 11.9. The van der Waals surface area contributed by atoms with Gasteiger partial charge in [-0.25, -0.2) is 8.42 Å². The standard InChI is InChI=1S/C19H16ClNO3S/c20-16-8-10-17(11-9-16)21-19(22)13-25(23,24)12-15-6-3-5-14-4-1-2-7-18(14)15/h1-11H,12-13H2,(H,21,22). The molecule has 0 saturated carbocycles. The van der Waals surface area contributed by atoms with Crippen LogP contribution in [0.1, 0.15) is 5.56 Å². The van der Waals surface area contributed by atoms with Crippen molar-refractivity contribution < 1.29 is 13.2 Å². The summed E-state index contributed by atoms with van der Waals surface area (Å²) in [4.78, 5) is 12.0. The van der Waals surface area contributed by atoms with Crippen LogP contribution in [0.4, 0.5) is 5.69 Å². The van der Waals surface area contributed by atoms with Gasteiger partial charge in [-0.05, 0) is 40.6 Å². The summed E-state index contributed by atoms with van der Waals surface area (Å²) in [5, 5.41) is 4.97. The number of hydrogen-bond donors (Lipinski definition) is 1. The number of carbonyl (C=O) groups is 1. The average molecular weight is 374 g/mol. The summed E-state index contributed by atoms with van der Waals surface area (Å²) in [5.74, 6) is -1.32. The number of amides is 1. The van der Waals surface area contributed by atoms with Gasteiger partial charge in [-0.3, -0.25) is 4.79 Å². The Balaban J connectivity index is 1.73. The Labute approximate surface area is 151 Å². The summed E-state index contributed by atoms with van der Waals surface area (Å²) < 4.78 is 24.8. The fraction of sp³-hybridized carbons (Fsp3) is 0.105. The van der Waals surface area contributed by atoms with Crippen molar-refractivity contribution in [3.63, 3.8) is 0 Å². The minimum absolute atomic E-state index is 0.178. The highest BCUT2D eigenvalue weighted by Crippen LogP contribution is 2.21. The zero-order chi connectivity index (χ0) is 17.9. The van der Waals surface area contributed by atoms with Crippen LogP contribution in [0, 0.1) is 0 Å². The first-order valence-corrected chi connectivity index (χ1v) is 9.85. The number of benzene rings is 3. The number of hydrogen-bond acceptors (Lipinski definition) is 3. The normalized spacial score (nSPS) is 11.4. The number of nitrogens with one attached hydrogen (secondary N) is 1. The molecule has 25 heavy (non-hydrogen) atoms. The highest BCUT2D eigenvalue weighted by Gasteiger charge is 2.18. The van der Waals surface area contributed by atoms with Gasteiger partial charge >= 0.3 is 0 Å². The lowest BCUT2D eigenvalue weighted by atomic mass is 10.1. The molecule has 0 aromatic heterocycles. The molecule has 0 heterocycles. The van der Waals surface area contributed by atoms with Gasteiger partial charge in [0.1, 0.15) is 5.75 Å². The predicted octanol–water partition coefficient (Wildman–Crippen LogP) is 4.05. The molecule has 128 valence electrons. The molecule has 1 amide bonds. The summed E-state index contributed by atoms with van der Waals surface area (Å²) in [7, 11) is -3.59. The predicted molar refractivity (Wildman–Crippen MR) is 102 cm³/mol. The highest BCUT2D eigenvalue weighted by molar-refractivity contribution is 7.91. The molecular weight excluding hydrogens is 358 g/mol. The highest BCUT2D eigenvalue weighted by atomic mass is 35.5. The maximum absolute atomic E-state index is 12.4. The van der Waals surface area contributed by atoms with Crippen LogP contribution in [-0.2, 0) is 20.4 Å². The van der Waals surface area contributed by atoms with E-state index in [1.807, 2.05) is 36.4 Å². The van der Waals surface area contributed by atoms with Crippen LogP contribution in [0.25, 0.3) is 10.8 Å². The van der Waals surface area contributed by atoms with E-state index in [1.54, 1.807) is 30.3 Å².